The van der Waals surface area contributed by atoms with Gasteiger partial charge in [0.25, 0.3) is 11.6 Å². The molecule has 35 heavy (non-hydrogen) atoms. The Bertz CT molecular complexity index is 1160. The fraction of sp³-hybridized carbons (Fsp3) is 0.348. The predicted molar refractivity (Wildman–Crippen MR) is 129 cm³/mol. The number of carbonyl (C=O) groups is 3. The first kappa shape index (κ1) is 24.9. The molecule has 0 radical (unpaired) electrons. The molecule has 0 spiro atoms. The lowest BCUT2D eigenvalue weighted by Gasteiger charge is -2.44. The van der Waals surface area contributed by atoms with E-state index in [0.29, 0.717) is 34.1 Å². The SMILES string of the molecule is C[C@H](O)[C@@H]1C(=O)N2C(C(=O)OCc3ccc([N+](=O)[O-])cc3)=C(SCCNC(=O)c3cccs3)C[C@H]12. The number of non-ortho nitro benzene ring substituents is 1. The zero-order valence-electron chi connectivity index (χ0n) is 18.7. The van der Waals surface area contributed by atoms with Crippen LogP contribution in [0, 0.1) is 16.0 Å². The van der Waals surface area contributed by atoms with E-state index in [1.807, 2.05) is 5.38 Å². The molecule has 12 heteroatoms. The van der Waals surface area contributed by atoms with E-state index in [1.165, 1.54) is 52.3 Å². The van der Waals surface area contributed by atoms with Crippen molar-refractivity contribution in [2.75, 3.05) is 12.3 Å². The van der Waals surface area contributed by atoms with Crippen molar-refractivity contribution >= 4 is 46.6 Å². The van der Waals surface area contributed by atoms with Crippen LogP contribution < -0.4 is 5.32 Å². The average molecular weight is 518 g/mol. The lowest BCUT2D eigenvalue weighted by Crippen LogP contribution is -2.61. The number of nitrogens with zero attached hydrogens (tertiary/aromatic N) is 2. The molecule has 2 amide bonds. The van der Waals surface area contributed by atoms with Gasteiger partial charge in [0.05, 0.1) is 27.9 Å². The number of thioether (sulfide) groups is 1. The van der Waals surface area contributed by atoms with Gasteiger partial charge in [0.15, 0.2) is 0 Å². The molecule has 0 unspecified atom stereocenters. The second-order valence-electron chi connectivity index (χ2n) is 8.10. The zero-order valence-corrected chi connectivity index (χ0v) is 20.3. The van der Waals surface area contributed by atoms with Gasteiger partial charge in [-0.3, -0.25) is 19.7 Å². The highest BCUT2D eigenvalue weighted by atomic mass is 32.2. The molecule has 2 aliphatic rings. The van der Waals surface area contributed by atoms with E-state index in [9.17, 15) is 29.6 Å². The number of aliphatic hydroxyl groups excluding tert-OH is 1. The van der Waals surface area contributed by atoms with Crippen LogP contribution in [0.1, 0.15) is 28.6 Å². The summed E-state index contributed by atoms with van der Waals surface area (Å²) in [5.74, 6) is -1.26. The third kappa shape index (κ3) is 5.24. The topological polar surface area (TPSA) is 139 Å². The van der Waals surface area contributed by atoms with E-state index in [2.05, 4.69) is 5.32 Å². The number of aliphatic hydroxyl groups is 1. The summed E-state index contributed by atoms with van der Waals surface area (Å²) in [5.41, 5.74) is 0.663. The number of amides is 2. The van der Waals surface area contributed by atoms with Gasteiger partial charge in [-0.2, -0.15) is 0 Å². The summed E-state index contributed by atoms with van der Waals surface area (Å²) in [6, 6.07) is 8.87. The summed E-state index contributed by atoms with van der Waals surface area (Å²) >= 11 is 2.71. The maximum absolute atomic E-state index is 13.0. The minimum Gasteiger partial charge on any atom is -0.456 e. The summed E-state index contributed by atoms with van der Waals surface area (Å²) in [7, 11) is 0. The third-order valence-electron chi connectivity index (χ3n) is 5.81. The molecule has 2 N–H and O–H groups in total. The third-order valence-corrected chi connectivity index (χ3v) is 7.79. The van der Waals surface area contributed by atoms with Crippen molar-refractivity contribution < 1.29 is 29.2 Å². The van der Waals surface area contributed by atoms with E-state index in [4.69, 9.17) is 4.74 Å². The van der Waals surface area contributed by atoms with Crippen LogP contribution in [0.3, 0.4) is 0 Å². The zero-order chi connectivity index (χ0) is 25.1. The number of β-lactam (4-membered cyclic amide) rings is 1. The Morgan fingerprint density at radius 2 is 2.09 bits per heavy atom. The van der Waals surface area contributed by atoms with E-state index in [0.717, 1.165) is 0 Å². The van der Waals surface area contributed by atoms with Crippen LogP contribution in [0.4, 0.5) is 5.69 Å². The first-order chi connectivity index (χ1) is 16.8. The molecule has 3 heterocycles. The Morgan fingerprint density at radius 3 is 2.71 bits per heavy atom. The van der Waals surface area contributed by atoms with Crippen LogP contribution in [-0.2, 0) is 20.9 Å². The largest absolute Gasteiger partial charge is 0.456 e. The van der Waals surface area contributed by atoms with Gasteiger partial charge in [-0.05, 0) is 36.1 Å². The monoisotopic (exact) mass is 517 g/mol. The van der Waals surface area contributed by atoms with Crippen molar-refractivity contribution in [2.24, 2.45) is 5.92 Å². The molecule has 0 aliphatic carbocycles. The van der Waals surface area contributed by atoms with Crippen molar-refractivity contribution in [1.82, 2.24) is 10.2 Å². The number of nitro groups is 1. The van der Waals surface area contributed by atoms with Crippen LogP contribution in [-0.4, -0.2) is 57.2 Å². The molecule has 4 rings (SSSR count). The maximum atomic E-state index is 13.0. The number of ether oxygens (including phenoxy) is 1. The summed E-state index contributed by atoms with van der Waals surface area (Å²) in [5, 5.41) is 25.5. The van der Waals surface area contributed by atoms with Gasteiger partial charge in [0.1, 0.15) is 12.3 Å². The Balaban J connectivity index is 1.41. The number of benzene rings is 1. The summed E-state index contributed by atoms with van der Waals surface area (Å²) in [6.45, 7) is 1.81. The van der Waals surface area contributed by atoms with E-state index >= 15 is 0 Å². The predicted octanol–water partition coefficient (Wildman–Crippen LogP) is 2.69. The molecule has 0 bridgehead atoms. The number of fused-ring (bicyclic) bond motifs is 1. The summed E-state index contributed by atoms with van der Waals surface area (Å²) < 4.78 is 5.43. The van der Waals surface area contributed by atoms with Crippen LogP contribution in [0.2, 0.25) is 0 Å². The molecule has 184 valence electrons. The molecule has 1 fully saturated rings. The molecule has 0 saturated carbocycles. The minimum absolute atomic E-state index is 0.0679. The molecule has 1 aromatic carbocycles. The molecule has 2 aromatic rings. The normalized spacial score (nSPS) is 19.7. The van der Waals surface area contributed by atoms with E-state index in [1.54, 1.807) is 19.1 Å². The van der Waals surface area contributed by atoms with Crippen LogP contribution in [0.5, 0.6) is 0 Å². The fourth-order valence-corrected chi connectivity index (χ4v) is 5.81. The van der Waals surface area contributed by atoms with Gasteiger partial charge in [0, 0.05) is 35.8 Å². The number of nitro benzene ring substituents is 1. The van der Waals surface area contributed by atoms with Crippen molar-refractivity contribution in [3.8, 4) is 0 Å². The smallest absolute Gasteiger partial charge is 0.356 e. The molecule has 10 nitrogen and oxygen atoms in total. The van der Waals surface area contributed by atoms with Crippen LogP contribution >= 0.6 is 23.1 Å². The highest BCUT2D eigenvalue weighted by molar-refractivity contribution is 8.03. The number of nitrogens with one attached hydrogen (secondary N) is 1. The van der Waals surface area contributed by atoms with Gasteiger partial charge in [-0.1, -0.05) is 6.07 Å². The van der Waals surface area contributed by atoms with Gasteiger partial charge < -0.3 is 20.1 Å². The number of esters is 1. The Morgan fingerprint density at radius 1 is 1.34 bits per heavy atom. The average Bonchev–Trinajstić information content (AvgIpc) is 3.47. The van der Waals surface area contributed by atoms with Crippen molar-refractivity contribution in [2.45, 2.75) is 32.1 Å². The number of carbonyl (C=O) groups excluding carboxylic acids is 3. The Kier molecular flexibility index (Phi) is 7.53. The molecule has 1 saturated heterocycles. The molecule has 2 aliphatic heterocycles. The van der Waals surface area contributed by atoms with Crippen molar-refractivity contribution in [1.29, 1.82) is 0 Å². The second-order valence-corrected chi connectivity index (χ2v) is 10.2. The van der Waals surface area contributed by atoms with Crippen molar-refractivity contribution in [3.05, 3.63) is 72.9 Å². The fourth-order valence-electron chi connectivity index (χ4n) is 4.11. The van der Waals surface area contributed by atoms with Crippen molar-refractivity contribution in [3.63, 3.8) is 0 Å². The Hall–Kier alpha value is -3.22. The minimum atomic E-state index is -0.837. The molecular weight excluding hydrogens is 494 g/mol. The quantitative estimate of drug-likeness (QED) is 0.161. The number of thiophene rings is 1. The number of rotatable bonds is 10. The highest BCUT2D eigenvalue weighted by Gasteiger charge is 2.57. The second kappa shape index (κ2) is 10.6. The van der Waals surface area contributed by atoms with Gasteiger partial charge in [0.2, 0.25) is 5.91 Å². The number of hydrogen-bond acceptors (Lipinski definition) is 9. The summed E-state index contributed by atoms with van der Waals surface area (Å²) in [6.07, 6.45) is -0.414. The molecular formula is C23H23N3O7S2. The Labute approximate surface area is 209 Å². The number of hydrogen-bond donors (Lipinski definition) is 2. The highest BCUT2D eigenvalue weighted by Crippen LogP contribution is 2.47. The van der Waals surface area contributed by atoms with Gasteiger partial charge in [-0.25, -0.2) is 4.79 Å². The standard InChI is InChI=1S/C23H23N3O7S2/c1-13(27)19-16-11-18(35-10-8-24-21(28)17-3-2-9-34-17)20(25(16)22(19)29)23(30)33-12-14-4-6-15(7-5-14)26(31)32/h2-7,9,13,16,19,27H,8,10-12H2,1H3,(H,24,28)/t13-,16+,19-/m0/s1. The van der Waals surface area contributed by atoms with Crippen LogP contribution in [0.15, 0.2) is 52.4 Å². The lowest BCUT2D eigenvalue weighted by molar-refractivity contribution is -0.384. The van der Waals surface area contributed by atoms with E-state index in [-0.39, 0.29) is 35.8 Å². The first-order valence-corrected chi connectivity index (χ1v) is 12.7. The lowest BCUT2D eigenvalue weighted by atomic mass is 9.83. The summed E-state index contributed by atoms with van der Waals surface area (Å²) in [4.78, 5) is 50.7. The maximum Gasteiger partial charge on any atom is 0.356 e. The van der Waals surface area contributed by atoms with E-state index < -0.39 is 22.9 Å². The molecule has 1 aromatic heterocycles. The van der Waals surface area contributed by atoms with Gasteiger partial charge in [-0.15, -0.1) is 23.1 Å². The first-order valence-electron chi connectivity index (χ1n) is 10.9. The van der Waals surface area contributed by atoms with Gasteiger partial charge >= 0.3 is 5.97 Å². The van der Waals surface area contributed by atoms with Crippen LogP contribution in [0.25, 0.3) is 0 Å². The molecule has 3 atom stereocenters.